The van der Waals surface area contributed by atoms with Gasteiger partial charge in [0.15, 0.2) is 11.6 Å². The Bertz CT molecular complexity index is 425. The highest BCUT2D eigenvalue weighted by Gasteiger charge is 2.17. The lowest BCUT2D eigenvalue weighted by Gasteiger charge is -2.17. The molecule has 0 radical (unpaired) electrons. The van der Waals surface area contributed by atoms with Crippen LogP contribution in [-0.4, -0.2) is 42.1 Å². The van der Waals surface area contributed by atoms with E-state index in [-0.39, 0.29) is 5.91 Å². The van der Waals surface area contributed by atoms with E-state index in [1.54, 1.807) is 14.0 Å². The van der Waals surface area contributed by atoms with E-state index in [4.69, 9.17) is 4.74 Å². The molecule has 106 valence electrons. The molecule has 1 amide bonds. The first-order valence-electron chi connectivity index (χ1n) is 6.31. The lowest BCUT2D eigenvalue weighted by atomic mass is 10.3. The van der Waals surface area contributed by atoms with Crippen molar-refractivity contribution in [2.45, 2.75) is 26.8 Å². The van der Waals surface area contributed by atoms with Gasteiger partial charge in [-0.05, 0) is 20.8 Å². The third kappa shape index (κ3) is 3.97. The molecule has 7 heteroatoms. The highest BCUT2D eigenvalue weighted by atomic mass is 16.5. The zero-order chi connectivity index (χ0) is 14.3. The van der Waals surface area contributed by atoms with Gasteiger partial charge in [0.05, 0.1) is 7.11 Å². The van der Waals surface area contributed by atoms with Crippen molar-refractivity contribution in [2.75, 3.05) is 30.8 Å². The average molecular weight is 267 g/mol. The number of nitrogens with one attached hydrogen (secondary N) is 3. The highest BCUT2D eigenvalue weighted by Crippen LogP contribution is 2.29. The molecule has 0 saturated heterocycles. The van der Waals surface area contributed by atoms with Crippen molar-refractivity contribution in [3.8, 4) is 5.75 Å². The number of aromatic nitrogens is 2. The molecule has 0 fully saturated rings. The fourth-order valence-electron chi connectivity index (χ4n) is 1.56. The van der Waals surface area contributed by atoms with Crippen LogP contribution in [0, 0.1) is 0 Å². The summed E-state index contributed by atoms with van der Waals surface area (Å²) in [5.41, 5.74) is 0. The summed E-state index contributed by atoms with van der Waals surface area (Å²) in [5.74, 6) is 1.51. The minimum absolute atomic E-state index is 0.0897. The lowest BCUT2D eigenvalue weighted by molar-refractivity contribution is -0.121. The van der Waals surface area contributed by atoms with Crippen molar-refractivity contribution in [1.29, 1.82) is 0 Å². The molecule has 0 aliphatic rings. The van der Waals surface area contributed by atoms with Gasteiger partial charge in [-0.15, -0.1) is 0 Å². The van der Waals surface area contributed by atoms with E-state index in [9.17, 15) is 4.79 Å². The number of anilines is 2. The number of hydrogen-bond acceptors (Lipinski definition) is 6. The summed E-state index contributed by atoms with van der Waals surface area (Å²) in [6.45, 7) is 6.91. The maximum atomic E-state index is 11.7. The van der Waals surface area contributed by atoms with Crippen LogP contribution >= 0.6 is 0 Å². The second-order valence-corrected chi connectivity index (χ2v) is 3.90. The first-order chi connectivity index (χ1) is 9.13. The number of hydrogen-bond donors (Lipinski definition) is 3. The largest absolute Gasteiger partial charge is 0.490 e. The van der Waals surface area contributed by atoms with Crippen LogP contribution in [0.1, 0.15) is 20.8 Å². The fourth-order valence-corrected chi connectivity index (χ4v) is 1.56. The molecule has 0 aliphatic carbocycles. The van der Waals surface area contributed by atoms with E-state index in [1.807, 2.05) is 13.8 Å². The molecular weight excluding hydrogens is 246 g/mol. The third-order valence-corrected chi connectivity index (χ3v) is 2.45. The van der Waals surface area contributed by atoms with E-state index < -0.39 is 6.04 Å². The summed E-state index contributed by atoms with van der Waals surface area (Å²) in [7, 11) is 1.54. The number of nitrogens with zero attached hydrogens (tertiary/aromatic N) is 2. The van der Waals surface area contributed by atoms with E-state index in [0.717, 1.165) is 6.54 Å². The number of amides is 1. The first-order valence-corrected chi connectivity index (χ1v) is 6.31. The van der Waals surface area contributed by atoms with Crippen molar-refractivity contribution in [1.82, 2.24) is 15.3 Å². The number of likely N-dealkylation sites (N-methyl/N-ethyl adjacent to an activating group) is 1. The molecule has 1 rings (SSSR count). The van der Waals surface area contributed by atoms with Crippen LogP contribution in [0.4, 0.5) is 11.6 Å². The van der Waals surface area contributed by atoms with Gasteiger partial charge in [0.1, 0.15) is 12.4 Å². The van der Waals surface area contributed by atoms with Gasteiger partial charge in [0.25, 0.3) is 0 Å². The van der Waals surface area contributed by atoms with Gasteiger partial charge in [-0.1, -0.05) is 0 Å². The average Bonchev–Trinajstić information content (AvgIpc) is 2.39. The van der Waals surface area contributed by atoms with Gasteiger partial charge in [0.2, 0.25) is 11.7 Å². The minimum atomic E-state index is -0.404. The first kappa shape index (κ1) is 15.0. The lowest BCUT2D eigenvalue weighted by Crippen LogP contribution is -2.37. The zero-order valence-electron chi connectivity index (χ0n) is 11.8. The number of carbonyl (C=O) groups excluding carboxylic acids is 1. The second kappa shape index (κ2) is 7.40. The molecule has 7 nitrogen and oxygen atoms in total. The number of ether oxygens (including phenoxy) is 1. The Hall–Kier alpha value is -2.05. The van der Waals surface area contributed by atoms with Crippen LogP contribution in [0.25, 0.3) is 0 Å². The monoisotopic (exact) mass is 267 g/mol. The number of carbonyl (C=O) groups is 1. The fraction of sp³-hybridized carbons (Fsp3) is 0.583. The molecule has 0 aromatic carbocycles. The predicted molar refractivity (Wildman–Crippen MR) is 74.5 cm³/mol. The van der Waals surface area contributed by atoms with Crippen LogP contribution in [0.3, 0.4) is 0 Å². The van der Waals surface area contributed by atoms with E-state index in [1.165, 1.54) is 6.33 Å². The molecule has 1 atom stereocenters. The van der Waals surface area contributed by atoms with E-state index >= 15 is 0 Å². The van der Waals surface area contributed by atoms with Crippen LogP contribution in [0.5, 0.6) is 5.75 Å². The summed E-state index contributed by atoms with van der Waals surface area (Å²) < 4.78 is 5.29. The molecule has 1 aromatic rings. The molecule has 1 heterocycles. The Morgan fingerprint density at radius 2 is 2.00 bits per heavy atom. The van der Waals surface area contributed by atoms with Crippen molar-refractivity contribution >= 4 is 17.5 Å². The van der Waals surface area contributed by atoms with E-state index in [0.29, 0.717) is 23.9 Å². The molecule has 1 aromatic heterocycles. The van der Waals surface area contributed by atoms with Crippen LogP contribution in [-0.2, 0) is 4.79 Å². The van der Waals surface area contributed by atoms with Crippen LogP contribution in [0.15, 0.2) is 6.33 Å². The van der Waals surface area contributed by atoms with Gasteiger partial charge >= 0.3 is 0 Å². The summed E-state index contributed by atoms with van der Waals surface area (Å²) in [4.78, 5) is 19.9. The molecular formula is C12H21N5O2. The van der Waals surface area contributed by atoms with Gasteiger partial charge in [-0.2, -0.15) is 0 Å². The topological polar surface area (TPSA) is 88.2 Å². The Balaban J connectivity index is 2.88. The quantitative estimate of drug-likeness (QED) is 0.679. The molecule has 0 saturated carbocycles. The minimum Gasteiger partial charge on any atom is -0.490 e. The Morgan fingerprint density at radius 3 is 2.58 bits per heavy atom. The molecule has 3 N–H and O–H groups in total. The summed E-state index contributed by atoms with van der Waals surface area (Å²) in [6.07, 6.45) is 1.42. The molecule has 0 aliphatic heterocycles. The second-order valence-electron chi connectivity index (χ2n) is 3.90. The van der Waals surface area contributed by atoms with Crippen molar-refractivity contribution < 1.29 is 9.53 Å². The van der Waals surface area contributed by atoms with Gasteiger partial charge < -0.3 is 20.7 Å². The standard InChI is InChI=1S/C12H21N5O2/c1-5-13-10-9(19-4)11(16-7-15-10)17-8(3)12(18)14-6-2/h7-8H,5-6H2,1-4H3,(H,14,18)(H2,13,15,16,17). The molecule has 19 heavy (non-hydrogen) atoms. The van der Waals surface area contributed by atoms with Crippen LogP contribution < -0.4 is 20.7 Å². The van der Waals surface area contributed by atoms with Gasteiger partial charge in [-0.25, -0.2) is 9.97 Å². The third-order valence-electron chi connectivity index (χ3n) is 2.45. The van der Waals surface area contributed by atoms with E-state index in [2.05, 4.69) is 25.9 Å². The maximum Gasteiger partial charge on any atom is 0.242 e. The Kier molecular flexibility index (Phi) is 5.84. The van der Waals surface area contributed by atoms with Crippen molar-refractivity contribution in [3.05, 3.63) is 6.33 Å². The summed E-state index contributed by atoms with van der Waals surface area (Å²) in [6, 6.07) is -0.404. The summed E-state index contributed by atoms with van der Waals surface area (Å²) in [5, 5.41) is 8.84. The SMILES string of the molecule is CCNC(=O)C(C)Nc1ncnc(NCC)c1OC. The maximum absolute atomic E-state index is 11.7. The number of rotatable bonds is 7. The molecule has 0 spiro atoms. The van der Waals surface area contributed by atoms with Gasteiger partial charge in [0, 0.05) is 13.1 Å². The normalized spacial score (nSPS) is 11.6. The van der Waals surface area contributed by atoms with Gasteiger partial charge in [-0.3, -0.25) is 4.79 Å². The zero-order valence-corrected chi connectivity index (χ0v) is 11.8. The molecule has 1 unspecified atom stereocenters. The number of methoxy groups -OCH3 is 1. The Morgan fingerprint density at radius 1 is 1.32 bits per heavy atom. The predicted octanol–water partition coefficient (Wildman–Crippen LogP) is 0.853. The Labute approximate surface area is 113 Å². The summed E-state index contributed by atoms with van der Waals surface area (Å²) >= 11 is 0. The van der Waals surface area contributed by atoms with Crippen molar-refractivity contribution in [2.24, 2.45) is 0 Å². The van der Waals surface area contributed by atoms with Crippen LogP contribution in [0.2, 0.25) is 0 Å². The van der Waals surface area contributed by atoms with Crippen molar-refractivity contribution in [3.63, 3.8) is 0 Å². The smallest absolute Gasteiger partial charge is 0.242 e. The highest BCUT2D eigenvalue weighted by molar-refractivity contribution is 5.84. The molecule has 0 bridgehead atoms.